The lowest BCUT2D eigenvalue weighted by Crippen LogP contribution is -2.46. The minimum absolute atomic E-state index is 0.429. The summed E-state index contributed by atoms with van der Waals surface area (Å²) in [4.78, 5) is 0. The molecule has 0 fully saturated rings. The first-order valence-corrected chi connectivity index (χ1v) is 12.4. The molecule has 0 aliphatic rings. The third-order valence-corrected chi connectivity index (χ3v) is 14.6. The Labute approximate surface area is 175 Å². The van der Waals surface area contributed by atoms with Crippen LogP contribution in [0.15, 0.2) is 0 Å². The van der Waals surface area contributed by atoms with Gasteiger partial charge in [0.1, 0.15) is 0 Å². The zero-order valence-electron chi connectivity index (χ0n) is 12.7. The topological polar surface area (TPSA) is 0 Å². The number of rotatable bonds is 9. The maximum Gasteiger partial charge on any atom is 0.0459 e. The third-order valence-electron chi connectivity index (χ3n) is 3.95. The molecule has 0 aliphatic carbocycles. The fourth-order valence-corrected chi connectivity index (χ4v) is 7.29. The summed E-state index contributed by atoms with van der Waals surface area (Å²) in [6, 6.07) is 0. The standard InChI is InChI=1S/C15H28I4/c1-6-12(8-11(5)9-16)14(18)15(19,7-2)13(17)10(3)4/h10-14H,6-9H2,1-5H3/t11-,12?,13?,14?,15?/m0/s1. The zero-order chi connectivity index (χ0) is 15.2. The fraction of sp³-hybridized carbons (Fsp3) is 1.00. The Morgan fingerprint density at radius 2 is 1.53 bits per heavy atom. The molecule has 0 aromatic heterocycles. The van der Waals surface area contributed by atoms with Crippen LogP contribution < -0.4 is 0 Å². The van der Waals surface area contributed by atoms with Gasteiger partial charge in [-0.05, 0) is 30.6 Å². The summed E-state index contributed by atoms with van der Waals surface area (Å²) in [5, 5.41) is 0. The molecule has 0 radical (unpaired) electrons. The Morgan fingerprint density at radius 1 is 1.00 bits per heavy atom. The maximum absolute atomic E-state index is 2.79. The van der Waals surface area contributed by atoms with Crippen LogP contribution in [0.4, 0.5) is 0 Å². The highest BCUT2D eigenvalue weighted by molar-refractivity contribution is 14.1. The number of alkyl halides is 4. The van der Waals surface area contributed by atoms with Gasteiger partial charge in [-0.1, -0.05) is 131 Å². The van der Waals surface area contributed by atoms with Crippen LogP contribution in [0.2, 0.25) is 0 Å². The van der Waals surface area contributed by atoms with Gasteiger partial charge < -0.3 is 0 Å². The normalized spacial score (nSPS) is 21.8. The lowest BCUT2D eigenvalue weighted by molar-refractivity contribution is 0.346. The molecule has 0 spiro atoms. The van der Waals surface area contributed by atoms with Crippen molar-refractivity contribution in [2.24, 2.45) is 17.8 Å². The van der Waals surface area contributed by atoms with Crippen molar-refractivity contribution in [3.8, 4) is 0 Å². The molecule has 0 saturated heterocycles. The Morgan fingerprint density at radius 3 is 1.84 bits per heavy atom. The smallest absolute Gasteiger partial charge is 0.0459 e. The lowest BCUT2D eigenvalue weighted by Gasteiger charge is -2.42. The third kappa shape index (κ3) is 6.51. The molecule has 0 aliphatic heterocycles. The van der Waals surface area contributed by atoms with Crippen molar-refractivity contribution < 1.29 is 0 Å². The minimum atomic E-state index is 0.429. The van der Waals surface area contributed by atoms with E-state index in [2.05, 4.69) is 125 Å². The van der Waals surface area contributed by atoms with Crippen molar-refractivity contribution in [1.82, 2.24) is 0 Å². The fourth-order valence-electron chi connectivity index (χ4n) is 2.56. The molecule has 0 saturated carbocycles. The molecule has 0 aromatic carbocycles. The molecule has 0 bridgehead atoms. The van der Waals surface area contributed by atoms with Crippen LogP contribution >= 0.6 is 90.4 Å². The summed E-state index contributed by atoms with van der Waals surface area (Å²) in [5.41, 5.74) is 0. The molecule has 0 N–H and O–H groups in total. The van der Waals surface area contributed by atoms with Crippen LogP contribution in [0, 0.1) is 17.8 Å². The molecule has 0 nitrogen and oxygen atoms in total. The van der Waals surface area contributed by atoms with E-state index in [0.717, 1.165) is 25.6 Å². The van der Waals surface area contributed by atoms with Crippen LogP contribution in [0.3, 0.4) is 0 Å². The number of hydrogen-bond donors (Lipinski definition) is 0. The second-order valence-corrected chi connectivity index (χ2v) is 11.6. The monoisotopic (exact) mass is 716 g/mol. The van der Waals surface area contributed by atoms with Crippen molar-refractivity contribution in [2.75, 3.05) is 4.43 Å². The van der Waals surface area contributed by atoms with Gasteiger partial charge in [-0.25, -0.2) is 0 Å². The number of hydrogen-bond acceptors (Lipinski definition) is 0. The molecule has 0 amide bonds. The van der Waals surface area contributed by atoms with Crippen molar-refractivity contribution in [1.29, 1.82) is 0 Å². The predicted molar refractivity (Wildman–Crippen MR) is 124 cm³/mol. The molecular weight excluding hydrogens is 688 g/mol. The van der Waals surface area contributed by atoms with Gasteiger partial charge in [0.25, 0.3) is 0 Å². The largest absolute Gasteiger partial charge is 0.0861 e. The molecule has 4 unspecified atom stereocenters. The van der Waals surface area contributed by atoms with Gasteiger partial charge in [-0.2, -0.15) is 0 Å². The van der Waals surface area contributed by atoms with E-state index in [-0.39, 0.29) is 0 Å². The van der Waals surface area contributed by atoms with Crippen LogP contribution in [-0.4, -0.2) is 15.7 Å². The van der Waals surface area contributed by atoms with E-state index in [4.69, 9.17) is 0 Å². The summed E-state index contributed by atoms with van der Waals surface area (Å²) in [5.74, 6) is 2.47. The van der Waals surface area contributed by atoms with Crippen LogP contribution in [0.25, 0.3) is 0 Å². The van der Waals surface area contributed by atoms with Crippen molar-refractivity contribution in [2.45, 2.75) is 65.2 Å². The highest BCUT2D eigenvalue weighted by Crippen LogP contribution is 2.47. The highest BCUT2D eigenvalue weighted by atomic mass is 127. The van der Waals surface area contributed by atoms with E-state index in [1.807, 2.05) is 0 Å². The maximum atomic E-state index is 2.79. The summed E-state index contributed by atoms with van der Waals surface area (Å²) in [6.45, 7) is 11.9. The average Bonchev–Trinajstić information content (AvgIpc) is 2.41. The van der Waals surface area contributed by atoms with Crippen molar-refractivity contribution in [3.05, 3.63) is 0 Å². The summed E-state index contributed by atoms with van der Waals surface area (Å²) < 4.78 is 3.24. The molecule has 116 valence electrons. The van der Waals surface area contributed by atoms with Crippen LogP contribution in [0.5, 0.6) is 0 Å². The average molecular weight is 716 g/mol. The van der Waals surface area contributed by atoms with E-state index in [0.29, 0.717) is 3.42 Å². The molecule has 0 heterocycles. The molecule has 0 aromatic rings. The van der Waals surface area contributed by atoms with E-state index >= 15 is 0 Å². The van der Waals surface area contributed by atoms with Crippen molar-refractivity contribution in [3.63, 3.8) is 0 Å². The van der Waals surface area contributed by atoms with Gasteiger partial charge in [0, 0.05) is 15.7 Å². The first-order chi connectivity index (χ1) is 8.74. The first-order valence-electron chi connectivity index (χ1n) is 7.27. The van der Waals surface area contributed by atoms with Gasteiger partial charge in [-0.15, -0.1) is 0 Å². The Balaban J connectivity index is 5.01. The van der Waals surface area contributed by atoms with Gasteiger partial charge in [-0.3, -0.25) is 0 Å². The Hall–Kier alpha value is 2.92. The second kappa shape index (κ2) is 10.6. The molecule has 19 heavy (non-hydrogen) atoms. The van der Waals surface area contributed by atoms with Crippen molar-refractivity contribution >= 4 is 90.4 Å². The Bertz CT molecular complexity index is 244. The lowest BCUT2D eigenvalue weighted by atomic mass is 9.81. The quantitative estimate of drug-likeness (QED) is 0.174. The molecular formula is C15H28I4. The van der Waals surface area contributed by atoms with Gasteiger partial charge in [0.15, 0.2) is 0 Å². The minimum Gasteiger partial charge on any atom is -0.0861 e. The SMILES string of the molecule is CCC(C[C@H](C)CI)C(I)C(I)(CC)C(I)C(C)C. The second-order valence-electron chi connectivity index (χ2n) is 5.99. The van der Waals surface area contributed by atoms with Crippen LogP contribution in [-0.2, 0) is 0 Å². The molecule has 4 heteroatoms. The first kappa shape index (κ1) is 21.9. The van der Waals surface area contributed by atoms with Gasteiger partial charge >= 0.3 is 0 Å². The predicted octanol–water partition coefficient (Wildman–Crippen LogP) is 7.32. The van der Waals surface area contributed by atoms with Gasteiger partial charge in [0.05, 0.1) is 0 Å². The van der Waals surface area contributed by atoms with Crippen LogP contribution in [0.1, 0.15) is 53.9 Å². The molecule has 0 rings (SSSR count). The van der Waals surface area contributed by atoms with E-state index in [1.165, 1.54) is 23.7 Å². The van der Waals surface area contributed by atoms with E-state index in [1.54, 1.807) is 0 Å². The summed E-state index contributed by atoms with van der Waals surface area (Å²) in [6.07, 6.45) is 3.99. The highest BCUT2D eigenvalue weighted by Gasteiger charge is 2.43. The summed E-state index contributed by atoms with van der Waals surface area (Å²) in [7, 11) is 0. The van der Waals surface area contributed by atoms with E-state index in [9.17, 15) is 0 Å². The van der Waals surface area contributed by atoms with E-state index < -0.39 is 0 Å². The zero-order valence-corrected chi connectivity index (χ0v) is 21.4. The number of halogens is 4. The Kier molecular flexibility index (Phi) is 12.3. The van der Waals surface area contributed by atoms with Gasteiger partial charge in [0.2, 0.25) is 0 Å². The molecule has 5 atom stereocenters. The summed E-state index contributed by atoms with van der Waals surface area (Å²) >= 11 is 10.8.